The second kappa shape index (κ2) is 5.81. The van der Waals surface area contributed by atoms with E-state index in [1.54, 1.807) is 12.1 Å². The summed E-state index contributed by atoms with van der Waals surface area (Å²) < 4.78 is 31.7. The summed E-state index contributed by atoms with van der Waals surface area (Å²) in [6.45, 7) is 6.13. The molecule has 0 aromatic heterocycles. The number of phenolic OH excluding ortho intramolecular Hbond substituents is 1. The number of phenols is 1. The van der Waals surface area contributed by atoms with Gasteiger partial charge in [0.1, 0.15) is 5.75 Å². The number of hydrogen-bond acceptors (Lipinski definition) is 3. The molecule has 19 heavy (non-hydrogen) atoms. The van der Waals surface area contributed by atoms with Gasteiger partial charge in [0.05, 0.1) is 0 Å². The Morgan fingerprint density at radius 1 is 1.21 bits per heavy atom. The summed E-state index contributed by atoms with van der Waals surface area (Å²) in [6.07, 6.45) is -5.08. The third kappa shape index (κ3) is 5.98. The number of carboxylic acid groups (broad SMARTS) is 1. The molecule has 0 spiro atoms. The van der Waals surface area contributed by atoms with Crippen LogP contribution in [-0.2, 0) is 10.2 Å². The van der Waals surface area contributed by atoms with E-state index in [4.69, 9.17) is 15.6 Å². The quantitative estimate of drug-likeness (QED) is 0.503. The maximum atomic E-state index is 10.6. The van der Waals surface area contributed by atoms with E-state index in [0.717, 1.165) is 5.56 Å². The minimum atomic E-state index is -5.08. The zero-order chi connectivity index (χ0) is 15.4. The van der Waals surface area contributed by atoms with E-state index in [1.165, 1.54) is 0 Å². The fourth-order valence-electron chi connectivity index (χ4n) is 1.15. The molecule has 7 heteroatoms. The molecule has 4 nitrogen and oxygen atoms in total. The number of halogens is 3. The number of carboxylic acids is 1. The van der Waals surface area contributed by atoms with Crippen LogP contribution in [0, 0.1) is 0 Å². The number of anilines is 1. The number of rotatable bonds is 0. The molecular formula is C12H16F3NO3. The van der Waals surface area contributed by atoms with E-state index in [1.807, 2.05) is 26.8 Å². The average molecular weight is 279 g/mol. The first-order chi connectivity index (χ1) is 8.35. The van der Waals surface area contributed by atoms with Crippen molar-refractivity contribution in [1.29, 1.82) is 0 Å². The second-order valence-electron chi connectivity index (χ2n) is 4.83. The van der Waals surface area contributed by atoms with Crippen LogP contribution in [0.1, 0.15) is 26.3 Å². The Morgan fingerprint density at radius 2 is 1.63 bits per heavy atom. The van der Waals surface area contributed by atoms with Crippen LogP contribution in [0.5, 0.6) is 5.75 Å². The van der Waals surface area contributed by atoms with Gasteiger partial charge in [0.2, 0.25) is 0 Å². The molecule has 0 unspecified atom stereocenters. The lowest BCUT2D eigenvalue weighted by Gasteiger charge is -2.20. The van der Waals surface area contributed by atoms with Gasteiger partial charge >= 0.3 is 12.1 Å². The van der Waals surface area contributed by atoms with Gasteiger partial charge in [-0.15, -0.1) is 0 Å². The van der Waals surface area contributed by atoms with Crippen LogP contribution in [0.3, 0.4) is 0 Å². The topological polar surface area (TPSA) is 83.5 Å². The van der Waals surface area contributed by atoms with Crippen LogP contribution in [0.4, 0.5) is 18.9 Å². The van der Waals surface area contributed by atoms with Gasteiger partial charge in [-0.1, -0.05) is 20.8 Å². The van der Waals surface area contributed by atoms with Crippen molar-refractivity contribution in [3.05, 3.63) is 23.8 Å². The van der Waals surface area contributed by atoms with Crippen LogP contribution >= 0.6 is 0 Å². The van der Waals surface area contributed by atoms with Gasteiger partial charge < -0.3 is 15.9 Å². The van der Waals surface area contributed by atoms with Crippen molar-refractivity contribution < 1.29 is 28.2 Å². The number of aromatic hydroxyl groups is 1. The van der Waals surface area contributed by atoms with Gasteiger partial charge in [0.15, 0.2) is 0 Å². The van der Waals surface area contributed by atoms with Crippen molar-refractivity contribution in [1.82, 2.24) is 0 Å². The van der Waals surface area contributed by atoms with Crippen LogP contribution in [0.15, 0.2) is 18.2 Å². The fourth-order valence-corrected chi connectivity index (χ4v) is 1.15. The third-order valence-corrected chi connectivity index (χ3v) is 2.07. The summed E-state index contributed by atoms with van der Waals surface area (Å²) in [6, 6.07) is 5.15. The summed E-state index contributed by atoms with van der Waals surface area (Å²) in [5.41, 5.74) is 7.14. The summed E-state index contributed by atoms with van der Waals surface area (Å²) in [5.74, 6) is -2.44. The molecule has 0 atom stereocenters. The highest BCUT2D eigenvalue weighted by molar-refractivity contribution is 5.73. The maximum Gasteiger partial charge on any atom is 0.490 e. The van der Waals surface area contributed by atoms with E-state index in [-0.39, 0.29) is 5.41 Å². The SMILES string of the molecule is CC(C)(C)c1cc(N)ccc1O.O=C(O)C(F)(F)F. The van der Waals surface area contributed by atoms with Crippen molar-refractivity contribution in [2.75, 3.05) is 5.73 Å². The van der Waals surface area contributed by atoms with E-state index < -0.39 is 12.1 Å². The summed E-state index contributed by atoms with van der Waals surface area (Å²) >= 11 is 0. The Labute approximate surface area is 108 Å². The molecule has 0 saturated carbocycles. The van der Waals surface area contributed by atoms with E-state index in [0.29, 0.717) is 11.4 Å². The summed E-state index contributed by atoms with van der Waals surface area (Å²) in [7, 11) is 0. The first-order valence-corrected chi connectivity index (χ1v) is 5.24. The number of aliphatic carboxylic acids is 1. The van der Waals surface area contributed by atoms with Gasteiger partial charge in [0.25, 0.3) is 0 Å². The Kier molecular flexibility index (Phi) is 5.23. The van der Waals surface area contributed by atoms with Crippen LogP contribution in [0.25, 0.3) is 0 Å². The first-order valence-electron chi connectivity index (χ1n) is 5.24. The standard InChI is InChI=1S/C10H15NO.C2HF3O2/c1-10(2,3)8-6-7(11)4-5-9(8)12;3-2(4,5)1(6)7/h4-6,12H,11H2,1-3H3;(H,6,7). The van der Waals surface area contributed by atoms with Gasteiger partial charge in [-0.05, 0) is 23.6 Å². The Hall–Kier alpha value is -1.92. The van der Waals surface area contributed by atoms with Crippen LogP contribution in [0.2, 0.25) is 0 Å². The maximum absolute atomic E-state index is 10.6. The van der Waals surface area contributed by atoms with Crippen molar-refractivity contribution in [2.24, 2.45) is 0 Å². The van der Waals surface area contributed by atoms with Gasteiger partial charge in [-0.2, -0.15) is 13.2 Å². The predicted octanol–water partition coefficient (Wildman–Crippen LogP) is 2.91. The summed E-state index contributed by atoms with van der Waals surface area (Å²) in [4.78, 5) is 8.90. The fraction of sp³-hybridized carbons (Fsp3) is 0.417. The molecule has 1 aromatic rings. The number of benzene rings is 1. The van der Waals surface area contributed by atoms with Crippen molar-refractivity contribution in [3.63, 3.8) is 0 Å². The molecular weight excluding hydrogens is 263 g/mol. The predicted molar refractivity (Wildman–Crippen MR) is 64.9 cm³/mol. The smallest absolute Gasteiger partial charge is 0.490 e. The molecule has 0 heterocycles. The van der Waals surface area contributed by atoms with E-state index in [2.05, 4.69) is 0 Å². The summed E-state index contributed by atoms with van der Waals surface area (Å²) in [5, 5.41) is 16.6. The highest BCUT2D eigenvalue weighted by Crippen LogP contribution is 2.31. The zero-order valence-corrected chi connectivity index (χ0v) is 10.7. The van der Waals surface area contributed by atoms with Crippen molar-refractivity contribution in [3.8, 4) is 5.75 Å². The highest BCUT2D eigenvalue weighted by atomic mass is 19.4. The molecule has 0 bridgehead atoms. The minimum Gasteiger partial charge on any atom is -0.508 e. The molecule has 0 aliphatic carbocycles. The van der Waals surface area contributed by atoms with Gasteiger partial charge in [-0.25, -0.2) is 4.79 Å². The van der Waals surface area contributed by atoms with Crippen molar-refractivity contribution >= 4 is 11.7 Å². The molecule has 0 saturated heterocycles. The first kappa shape index (κ1) is 17.1. The van der Waals surface area contributed by atoms with E-state index in [9.17, 15) is 18.3 Å². The number of alkyl halides is 3. The average Bonchev–Trinajstić information content (AvgIpc) is 2.19. The van der Waals surface area contributed by atoms with Gasteiger partial charge in [-0.3, -0.25) is 0 Å². The number of carbonyl (C=O) groups is 1. The molecule has 0 aliphatic rings. The molecule has 4 N–H and O–H groups in total. The van der Waals surface area contributed by atoms with Crippen molar-refractivity contribution in [2.45, 2.75) is 32.4 Å². The highest BCUT2D eigenvalue weighted by Gasteiger charge is 2.38. The Bertz CT molecular complexity index is 451. The number of nitrogen functional groups attached to an aromatic ring is 1. The number of hydrogen-bond donors (Lipinski definition) is 3. The normalized spacial score (nSPS) is 11.5. The monoisotopic (exact) mass is 279 g/mol. The van der Waals surface area contributed by atoms with Gasteiger partial charge in [0, 0.05) is 11.3 Å². The van der Waals surface area contributed by atoms with Crippen LogP contribution in [-0.4, -0.2) is 22.4 Å². The molecule has 0 aliphatic heterocycles. The Morgan fingerprint density at radius 3 is 1.89 bits per heavy atom. The largest absolute Gasteiger partial charge is 0.508 e. The third-order valence-electron chi connectivity index (χ3n) is 2.07. The molecule has 0 fully saturated rings. The number of nitrogens with two attached hydrogens (primary N) is 1. The Balaban J connectivity index is 0.000000399. The molecule has 0 radical (unpaired) electrons. The lowest BCUT2D eigenvalue weighted by molar-refractivity contribution is -0.192. The molecule has 108 valence electrons. The lowest BCUT2D eigenvalue weighted by atomic mass is 9.86. The molecule has 1 aromatic carbocycles. The lowest BCUT2D eigenvalue weighted by Crippen LogP contribution is -2.21. The zero-order valence-electron chi connectivity index (χ0n) is 10.7. The second-order valence-corrected chi connectivity index (χ2v) is 4.83. The molecule has 0 amide bonds. The van der Waals surface area contributed by atoms with E-state index >= 15 is 0 Å². The molecule has 1 rings (SSSR count). The van der Waals surface area contributed by atoms with Crippen LogP contribution < -0.4 is 5.73 Å². The minimum absolute atomic E-state index is 0.0561.